The fourth-order valence-electron chi connectivity index (χ4n) is 2.72. The van der Waals surface area contributed by atoms with Crippen LogP contribution in [0.4, 0.5) is 5.82 Å². The van der Waals surface area contributed by atoms with Gasteiger partial charge in [0.1, 0.15) is 17.7 Å². The van der Waals surface area contributed by atoms with Crippen molar-refractivity contribution in [3.8, 4) is 5.75 Å². The predicted octanol–water partition coefficient (Wildman–Crippen LogP) is 3.64. The predicted molar refractivity (Wildman–Crippen MR) is 97.8 cm³/mol. The molecule has 0 radical (unpaired) electrons. The van der Waals surface area contributed by atoms with Crippen molar-refractivity contribution in [2.75, 3.05) is 18.0 Å². The van der Waals surface area contributed by atoms with Crippen molar-refractivity contribution in [2.45, 2.75) is 18.9 Å². The highest BCUT2D eigenvalue weighted by Gasteiger charge is 2.23. The molecule has 2 heterocycles. The zero-order chi connectivity index (χ0) is 17.1. The molecule has 3 rings (SSSR count). The zero-order valence-electron chi connectivity index (χ0n) is 12.9. The molecule has 0 unspecified atom stereocenters. The minimum Gasteiger partial charge on any atom is -0.490 e. The fourth-order valence-corrected chi connectivity index (χ4v) is 3.38. The molecule has 0 bridgehead atoms. The molecular weight excluding hydrogens is 394 g/mol. The van der Waals surface area contributed by atoms with Crippen LogP contribution in [-0.4, -0.2) is 30.1 Å². The molecule has 2 N–H and O–H groups in total. The van der Waals surface area contributed by atoms with Crippen LogP contribution in [0.3, 0.4) is 0 Å². The number of benzene rings is 1. The second kappa shape index (κ2) is 7.40. The van der Waals surface area contributed by atoms with E-state index in [1.807, 2.05) is 24.3 Å². The lowest BCUT2D eigenvalue weighted by molar-refractivity contribution is 0.1000. The molecule has 24 heavy (non-hydrogen) atoms. The number of halogens is 2. The van der Waals surface area contributed by atoms with Crippen LogP contribution in [-0.2, 0) is 0 Å². The number of rotatable bonds is 4. The van der Waals surface area contributed by atoms with Crippen molar-refractivity contribution in [2.24, 2.45) is 5.73 Å². The highest BCUT2D eigenvalue weighted by molar-refractivity contribution is 9.10. The fraction of sp³-hybridized carbons (Fsp3) is 0.294. The number of carbonyl (C=O) groups is 1. The monoisotopic (exact) mass is 409 g/mol. The van der Waals surface area contributed by atoms with Crippen molar-refractivity contribution in [1.29, 1.82) is 0 Å². The van der Waals surface area contributed by atoms with Crippen LogP contribution in [0.5, 0.6) is 5.75 Å². The molecule has 1 aliphatic rings. The Morgan fingerprint density at radius 1 is 1.33 bits per heavy atom. The van der Waals surface area contributed by atoms with Gasteiger partial charge in [-0.2, -0.15) is 0 Å². The van der Waals surface area contributed by atoms with Gasteiger partial charge in [-0.15, -0.1) is 0 Å². The zero-order valence-corrected chi connectivity index (χ0v) is 15.3. The summed E-state index contributed by atoms with van der Waals surface area (Å²) >= 11 is 9.69. The summed E-state index contributed by atoms with van der Waals surface area (Å²) in [6, 6.07) is 9.42. The number of carbonyl (C=O) groups excluding carboxylic acids is 1. The number of hydrogen-bond donors (Lipinski definition) is 1. The van der Waals surface area contributed by atoms with Crippen molar-refractivity contribution in [1.82, 2.24) is 4.98 Å². The summed E-state index contributed by atoms with van der Waals surface area (Å²) in [5.41, 5.74) is 5.56. The molecule has 1 aromatic carbocycles. The number of primary amides is 1. The van der Waals surface area contributed by atoms with E-state index in [4.69, 9.17) is 22.1 Å². The standard InChI is InChI=1S/C17H17BrClN3O2/c18-12-2-1-3-14(9-12)24-13-4-6-22(7-5-13)17-15(19)8-11(10-21-17)16(20)23/h1-3,8-10,13H,4-7H2,(H2,20,23). The topological polar surface area (TPSA) is 68.5 Å². The summed E-state index contributed by atoms with van der Waals surface area (Å²) < 4.78 is 7.03. The number of nitrogens with two attached hydrogens (primary N) is 1. The summed E-state index contributed by atoms with van der Waals surface area (Å²) in [5.74, 6) is 1.02. The Hall–Kier alpha value is -1.79. The SMILES string of the molecule is NC(=O)c1cnc(N2CCC(Oc3cccc(Br)c3)CC2)c(Cl)c1. The van der Waals surface area contributed by atoms with Gasteiger partial charge in [0.05, 0.1) is 10.6 Å². The van der Waals surface area contributed by atoms with Crippen LogP contribution in [0.15, 0.2) is 41.0 Å². The third-order valence-electron chi connectivity index (χ3n) is 3.95. The van der Waals surface area contributed by atoms with Gasteiger partial charge in [-0.05, 0) is 24.3 Å². The number of hydrogen-bond acceptors (Lipinski definition) is 4. The first-order valence-corrected chi connectivity index (χ1v) is 8.82. The first kappa shape index (κ1) is 17.0. The lowest BCUT2D eigenvalue weighted by Crippen LogP contribution is -2.38. The molecule has 1 aliphatic heterocycles. The largest absolute Gasteiger partial charge is 0.490 e. The quantitative estimate of drug-likeness (QED) is 0.835. The van der Waals surface area contributed by atoms with E-state index in [0.717, 1.165) is 36.2 Å². The average molecular weight is 411 g/mol. The van der Waals surface area contributed by atoms with Crippen molar-refractivity contribution in [3.63, 3.8) is 0 Å². The number of ether oxygens (including phenoxy) is 1. The Morgan fingerprint density at radius 2 is 2.08 bits per heavy atom. The number of nitrogens with zero attached hydrogens (tertiary/aromatic N) is 2. The van der Waals surface area contributed by atoms with Gasteiger partial charge in [-0.3, -0.25) is 4.79 Å². The van der Waals surface area contributed by atoms with Crippen molar-refractivity contribution in [3.05, 3.63) is 51.6 Å². The molecule has 1 amide bonds. The summed E-state index contributed by atoms with van der Waals surface area (Å²) in [6.45, 7) is 1.59. The van der Waals surface area contributed by atoms with Gasteiger partial charge in [0.2, 0.25) is 5.91 Å². The van der Waals surface area contributed by atoms with E-state index in [1.54, 1.807) is 6.07 Å². The number of pyridine rings is 1. The third kappa shape index (κ3) is 3.99. The lowest BCUT2D eigenvalue weighted by Gasteiger charge is -2.33. The third-order valence-corrected chi connectivity index (χ3v) is 4.72. The molecule has 0 aliphatic carbocycles. The minimum atomic E-state index is -0.530. The van der Waals surface area contributed by atoms with E-state index in [1.165, 1.54) is 6.20 Å². The Labute approximate surface area is 153 Å². The van der Waals surface area contributed by atoms with Gasteiger partial charge in [0, 0.05) is 36.6 Å². The average Bonchev–Trinajstić information content (AvgIpc) is 2.55. The molecule has 0 atom stereocenters. The molecule has 0 spiro atoms. The number of piperidine rings is 1. The maximum absolute atomic E-state index is 11.2. The van der Waals surface area contributed by atoms with Gasteiger partial charge >= 0.3 is 0 Å². The van der Waals surface area contributed by atoms with Crippen LogP contribution in [0.25, 0.3) is 0 Å². The molecule has 1 aromatic heterocycles. The number of aromatic nitrogens is 1. The highest BCUT2D eigenvalue weighted by atomic mass is 79.9. The molecule has 2 aromatic rings. The van der Waals surface area contributed by atoms with Gasteiger partial charge in [-0.25, -0.2) is 4.98 Å². The van der Waals surface area contributed by atoms with Gasteiger partial charge < -0.3 is 15.4 Å². The van der Waals surface area contributed by atoms with Gasteiger partial charge in [0.15, 0.2) is 0 Å². The Bertz CT molecular complexity index is 748. The second-order valence-corrected chi connectivity index (χ2v) is 6.98. The van der Waals surface area contributed by atoms with E-state index in [9.17, 15) is 4.79 Å². The van der Waals surface area contributed by atoms with Crippen LogP contribution < -0.4 is 15.4 Å². The number of amides is 1. The maximum atomic E-state index is 11.2. The van der Waals surface area contributed by atoms with E-state index >= 15 is 0 Å². The minimum absolute atomic E-state index is 0.166. The first-order valence-electron chi connectivity index (χ1n) is 7.65. The molecular formula is C17H17BrClN3O2. The summed E-state index contributed by atoms with van der Waals surface area (Å²) in [7, 11) is 0. The smallest absolute Gasteiger partial charge is 0.250 e. The van der Waals surface area contributed by atoms with Crippen molar-refractivity contribution >= 4 is 39.3 Å². The Balaban J connectivity index is 1.62. The van der Waals surface area contributed by atoms with E-state index in [2.05, 4.69) is 25.8 Å². The Kier molecular flexibility index (Phi) is 5.26. The summed E-state index contributed by atoms with van der Waals surface area (Å²) in [4.78, 5) is 17.6. The molecule has 0 saturated carbocycles. The van der Waals surface area contributed by atoms with Crippen LogP contribution in [0.1, 0.15) is 23.2 Å². The molecule has 7 heteroatoms. The summed E-state index contributed by atoms with van der Waals surface area (Å²) in [5, 5.41) is 0.442. The molecule has 1 fully saturated rings. The normalized spacial score (nSPS) is 15.3. The van der Waals surface area contributed by atoms with Gasteiger partial charge in [-0.1, -0.05) is 33.6 Å². The number of anilines is 1. The summed E-state index contributed by atoms with van der Waals surface area (Å²) in [6.07, 6.45) is 3.39. The highest BCUT2D eigenvalue weighted by Crippen LogP contribution is 2.28. The molecule has 126 valence electrons. The van der Waals surface area contributed by atoms with Crippen LogP contribution in [0, 0.1) is 0 Å². The second-order valence-electron chi connectivity index (χ2n) is 5.66. The lowest BCUT2D eigenvalue weighted by atomic mass is 10.1. The molecule has 5 nitrogen and oxygen atoms in total. The molecule has 1 saturated heterocycles. The van der Waals surface area contributed by atoms with E-state index in [-0.39, 0.29) is 6.10 Å². The van der Waals surface area contributed by atoms with Crippen LogP contribution in [0.2, 0.25) is 5.02 Å². The van der Waals surface area contributed by atoms with E-state index < -0.39 is 5.91 Å². The van der Waals surface area contributed by atoms with Gasteiger partial charge in [0.25, 0.3) is 0 Å². The van der Waals surface area contributed by atoms with Crippen molar-refractivity contribution < 1.29 is 9.53 Å². The Morgan fingerprint density at radius 3 is 2.71 bits per heavy atom. The van der Waals surface area contributed by atoms with E-state index in [0.29, 0.717) is 16.4 Å². The van der Waals surface area contributed by atoms with Crippen LogP contribution >= 0.6 is 27.5 Å². The maximum Gasteiger partial charge on any atom is 0.250 e. The first-order chi connectivity index (χ1) is 11.5.